The highest BCUT2D eigenvalue weighted by Crippen LogP contribution is 2.30. The molecule has 17 heavy (non-hydrogen) atoms. The van der Waals surface area contributed by atoms with Crippen LogP contribution in [0.15, 0.2) is 18.2 Å². The highest BCUT2D eigenvalue weighted by molar-refractivity contribution is 5.71. The van der Waals surface area contributed by atoms with Crippen molar-refractivity contribution in [3.05, 3.63) is 34.9 Å². The maximum atomic E-state index is 11.2. The number of benzene rings is 1. The van der Waals surface area contributed by atoms with Crippen molar-refractivity contribution in [2.24, 2.45) is 11.8 Å². The lowest BCUT2D eigenvalue weighted by atomic mass is 9.85. The molecule has 0 aliphatic rings. The van der Waals surface area contributed by atoms with Crippen molar-refractivity contribution in [2.75, 3.05) is 0 Å². The molecule has 0 aromatic heterocycles. The van der Waals surface area contributed by atoms with Gasteiger partial charge in [0, 0.05) is 0 Å². The zero-order valence-electron chi connectivity index (χ0n) is 10.8. The highest BCUT2D eigenvalue weighted by Gasteiger charge is 2.31. The lowest BCUT2D eigenvalue weighted by Crippen LogP contribution is -2.27. The van der Waals surface area contributed by atoms with Crippen LogP contribution in [0.1, 0.15) is 36.6 Å². The number of carbonyl (C=O) groups is 1. The minimum Gasteiger partial charge on any atom is -0.481 e. The first kappa shape index (κ1) is 13.7. The molecular formula is C14H20O3. The monoisotopic (exact) mass is 236 g/mol. The zero-order valence-corrected chi connectivity index (χ0v) is 10.8. The van der Waals surface area contributed by atoms with Gasteiger partial charge in [0.15, 0.2) is 0 Å². The van der Waals surface area contributed by atoms with Crippen molar-refractivity contribution >= 4 is 5.97 Å². The molecule has 94 valence electrons. The molecule has 2 atom stereocenters. The third-order valence-electron chi connectivity index (χ3n) is 3.09. The van der Waals surface area contributed by atoms with E-state index in [1.54, 1.807) is 0 Å². The van der Waals surface area contributed by atoms with E-state index in [0.29, 0.717) is 5.56 Å². The van der Waals surface area contributed by atoms with Crippen LogP contribution in [0.2, 0.25) is 0 Å². The summed E-state index contributed by atoms with van der Waals surface area (Å²) >= 11 is 0. The summed E-state index contributed by atoms with van der Waals surface area (Å²) in [5.41, 5.74) is 2.75. The molecule has 0 heterocycles. The lowest BCUT2D eigenvalue weighted by Gasteiger charge is -2.24. The number of carboxylic acid groups (broad SMARTS) is 1. The molecule has 0 aliphatic heterocycles. The number of hydrogen-bond acceptors (Lipinski definition) is 2. The van der Waals surface area contributed by atoms with E-state index in [1.807, 2.05) is 45.9 Å². The number of aliphatic hydroxyl groups is 1. The maximum Gasteiger partial charge on any atom is 0.309 e. The number of aryl methyl sites for hydroxylation is 2. The lowest BCUT2D eigenvalue weighted by molar-refractivity contribution is -0.148. The SMILES string of the molecule is Cc1ccc(C(O)C(C(=O)O)C(C)C)c(C)c1. The van der Waals surface area contributed by atoms with Crippen LogP contribution in [0.3, 0.4) is 0 Å². The van der Waals surface area contributed by atoms with E-state index < -0.39 is 18.0 Å². The number of hydrogen-bond donors (Lipinski definition) is 2. The molecule has 0 spiro atoms. The van der Waals surface area contributed by atoms with Crippen LogP contribution in [-0.4, -0.2) is 16.2 Å². The molecule has 2 N–H and O–H groups in total. The average Bonchev–Trinajstić information content (AvgIpc) is 2.15. The molecule has 1 aromatic carbocycles. The summed E-state index contributed by atoms with van der Waals surface area (Å²) in [6, 6.07) is 5.66. The summed E-state index contributed by atoms with van der Waals surface area (Å²) in [6.07, 6.45) is -0.951. The fraction of sp³-hybridized carbons (Fsp3) is 0.500. The van der Waals surface area contributed by atoms with Crippen LogP contribution in [0.4, 0.5) is 0 Å². The van der Waals surface area contributed by atoms with E-state index in [4.69, 9.17) is 5.11 Å². The maximum absolute atomic E-state index is 11.2. The van der Waals surface area contributed by atoms with E-state index in [-0.39, 0.29) is 5.92 Å². The Kier molecular flexibility index (Phi) is 4.29. The molecule has 0 saturated heterocycles. The Hall–Kier alpha value is -1.35. The van der Waals surface area contributed by atoms with Gasteiger partial charge in [-0.1, -0.05) is 37.6 Å². The molecule has 0 amide bonds. The number of rotatable bonds is 4. The smallest absolute Gasteiger partial charge is 0.309 e. The average molecular weight is 236 g/mol. The predicted octanol–water partition coefficient (Wildman–Crippen LogP) is 2.69. The Morgan fingerprint density at radius 3 is 2.24 bits per heavy atom. The van der Waals surface area contributed by atoms with Crippen molar-refractivity contribution in [3.8, 4) is 0 Å². The second kappa shape index (κ2) is 5.32. The number of aliphatic hydroxyl groups excluding tert-OH is 1. The molecule has 1 aromatic rings. The van der Waals surface area contributed by atoms with Gasteiger partial charge in [-0.3, -0.25) is 4.79 Å². The second-order valence-electron chi connectivity index (χ2n) is 4.91. The summed E-state index contributed by atoms with van der Waals surface area (Å²) in [6.45, 7) is 7.49. The molecule has 0 radical (unpaired) electrons. The Bertz CT molecular complexity index is 410. The number of aliphatic carboxylic acids is 1. The molecule has 0 saturated carbocycles. The quantitative estimate of drug-likeness (QED) is 0.845. The number of carboxylic acids is 1. The van der Waals surface area contributed by atoms with Gasteiger partial charge >= 0.3 is 5.97 Å². The third kappa shape index (κ3) is 3.07. The van der Waals surface area contributed by atoms with Crippen molar-refractivity contribution in [3.63, 3.8) is 0 Å². The first-order valence-corrected chi connectivity index (χ1v) is 5.82. The van der Waals surface area contributed by atoms with Crippen LogP contribution in [0, 0.1) is 25.7 Å². The van der Waals surface area contributed by atoms with Gasteiger partial charge in [0.1, 0.15) is 0 Å². The van der Waals surface area contributed by atoms with Gasteiger partial charge in [0.2, 0.25) is 0 Å². The van der Waals surface area contributed by atoms with Crippen molar-refractivity contribution in [1.82, 2.24) is 0 Å². The molecule has 1 rings (SSSR count). The minimum atomic E-state index is -0.951. The largest absolute Gasteiger partial charge is 0.481 e. The van der Waals surface area contributed by atoms with E-state index in [9.17, 15) is 9.90 Å². The molecular weight excluding hydrogens is 216 g/mol. The zero-order chi connectivity index (χ0) is 13.2. The van der Waals surface area contributed by atoms with Crippen molar-refractivity contribution in [2.45, 2.75) is 33.8 Å². The van der Waals surface area contributed by atoms with Crippen LogP contribution in [-0.2, 0) is 4.79 Å². The Morgan fingerprint density at radius 2 is 1.82 bits per heavy atom. The standard InChI is InChI=1S/C14H20O3/c1-8(2)12(14(16)17)13(15)11-6-5-9(3)7-10(11)4/h5-8,12-13,15H,1-4H3,(H,16,17). The third-order valence-corrected chi connectivity index (χ3v) is 3.09. The Labute approximate surface area is 102 Å². The molecule has 3 nitrogen and oxygen atoms in total. The molecule has 0 fully saturated rings. The Morgan fingerprint density at radius 1 is 1.24 bits per heavy atom. The van der Waals surface area contributed by atoms with Gasteiger partial charge in [0.25, 0.3) is 0 Å². The Balaban J connectivity index is 3.09. The topological polar surface area (TPSA) is 57.5 Å². The van der Waals surface area contributed by atoms with Crippen LogP contribution in [0.5, 0.6) is 0 Å². The first-order chi connectivity index (χ1) is 7.84. The summed E-state index contributed by atoms with van der Waals surface area (Å²) in [5.74, 6) is -1.83. The minimum absolute atomic E-state index is 0.108. The van der Waals surface area contributed by atoms with Gasteiger partial charge in [-0.25, -0.2) is 0 Å². The summed E-state index contributed by atoms with van der Waals surface area (Å²) < 4.78 is 0. The highest BCUT2D eigenvalue weighted by atomic mass is 16.4. The van der Waals surface area contributed by atoms with Gasteiger partial charge in [-0.05, 0) is 30.9 Å². The van der Waals surface area contributed by atoms with Crippen LogP contribution >= 0.6 is 0 Å². The van der Waals surface area contributed by atoms with Crippen molar-refractivity contribution < 1.29 is 15.0 Å². The van der Waals surface area contributed by atoms with Gasteiger partial charge in [-0.15, -0.1) is 0 Å². The summed E-state index contributed by atoms with van der Waals surface area (Å²) in [5, 5.41) is 19.4. The molecule has 0 aliphatic carbocycles. The fourth-order valence-electron chi connectivity index (χ4n) is 2.14. The van der Waals surface area contributed by atoms with Crippen LogP contribution in [0.25, 0.3) is 0 Å². The molecule has 0 bridgehead atoms. The van der Waals surface area contributed by atoms with Gasteiger partial charge < -0.3 is 10.2 Å². The predicted molar refractivity (Wildman–Crippen MR) is 66.8 cm³/mol. The molecule has 2 unspecified atom stereocenters. The van der Waals surface area contributed by atoms with E-state index in [2.05, 4.69) is 0 Å². The van der Waals surface area contributed by atoms with E-state index >= 15 is 0 Å². The van der Waals surface area contributed by atoms with Crippen molar-refractivity contribution in [1.29, 1.82) is 0 Å². The van der Waals surface area contributed by atoms with Gasteiger partial charge in [-0.2, -0.15) is 0 Å². The van der Waals surface area contributed by atoms with E-state index in [1.165, 1.54) is 0 Å². The van der Waals surface area contributed by atoms with E-state index in [0.717, 1.165) is 11.1 Å². The first-order valence-electron chi connectivity index (χ1n) is 5.82. The van der Waals surface area contributed by atoms with Gasteiger partial charge in [0.05, 0.1) is 12.0 Å². The van der Waals surface area contributed by atoms with Crippen LogP contribution < -0.4 is 0 Å². The fourth-order valence-corrected chi connectivity index (χ4v) is 2.14. The summed E-state index contributed by atoms with van der Waals surface area (Å²) in [7, 11) is 0. The normalized spacial score (nSPS) is 14.7. The molecule has 3 heteroatoms. The second-order valence-corrected chi connectivity index (χ2v) is 4.91. The summed E-state index contributed by atoms with van der Waals surface area (Å²) in [4.78, 5) is 11.2.